The molecule has 1 aromatic carbocycles. The number of alkyl halides is 3. The van der Waals surface area contributed by atoms with Crippen molar-refractivity contribution in [2.45, 2.75) is 25.6 Å². The summed E-state index contributed by atoms with van der Waals surface area (Å²) in [5.74, 6) is 5.55. The standard InChI is InChI=1S/C14H15F3N2S/c1-9-6-11(14(15,16)17)2-3-12(9)13(19-18)7-10-4-5-20-8-10/h2-6,8,13,19H,7,18H2,1H3. The van der Waals surface area contributed by atoms with Crippen molar-refractivity contribution in [1.82, 2.24) is 5.43 Å². The van der Waals surface area contributed by atoms with E-state index in [1.807, 2.05) is 16.8 Å². The zero-order valence-corrected chi connectivity index (χ0v) is 11.7. The molecule has 2 aromatic rings. The molecule has 3 N–H and O–H groups in total. The summed E-state index contributed by atoms with van der Waals surface area (Å²) in [7, 11) is 0. The van der Waals surface area contributed by atoms with Crippen LogP contribution in [-0.2, 0) is 12.6 Å². The van der Waals surface area contributed by atoms with Crippen molar-refractivity contribution in [3.05, 3.63) is 57.3 Å². The minimum atomic E-state index is -4.32. The predicted octanol–water partition coefficient (Wildman–Crippen LogP) is 3.82. The Balaban J connectivity index is 2.26. The molecule has 0 radical (unpaired) electrons. The maximum atomic E-state index is 12.6. The smallest absolute Gasteiger partial charge is 0.271 e. The zero-order chi connectivity index (χ0) is 14.8. The Hall–Kier alpha value is -1.37. The molecular weight excluding hydrogens is 285 g/mol. The van der Waals surface area contributed by atoms with Gasteiger partial charge in [-0.15, -0.1) is 0 Å². The number of benzene rings is 1. The Morgan fingerprint density at radius 2 is 2.05 bits per heavy atom. The van der Waals surface area contributed by atoms with Gasteiger partial charge in [-0.2, -0.15) is 24.5 Å². The fourth-order valence-corrected chi connectivity index (χ4v) is 2.83. The van der Waals surface area contributed by atoms with Gasteiger partial charge in [0.05, 0.1) is 11.6 Å². The van der Waals surface area contributed by atoms with Gasteiger partial charge in [0.25, 0.3) is 0 Å². The van der Waals surface area contributed by atoms with E-state index in [1.165, 1.54) is 6.07 Å². The Morgan fingerprint density at radius 3 is 2.55 bits per heavy atom. The van der Waals surface area contributed by atoms with Crippen molar-refractivity contribution in [2.75, 3.05) is 0 Å². The van der Waals surface area contributed by atoms with Gasteiger partial charge in [-0.1, -0.05) is 6.07 Å². The van der Waals surface area contributed by atoms with Crippen LogP contribution in [0.15, 0.2) is 35.0 Å². The summed E-state index contributed by atoms with van der Waals surface area (Å²) < 4.78 is 37.9. The summed E-state index contributed by atoms with van der Waals surface area (Å²) in [5, 5.41) is 3.96. The third-order valence-corrected chi connectivity index (χ3v) is 3.93. The summed E-state index contributed by atoms with van der Waals surface area (Å²) in [6.07, 6.45) is -3.67. The van der Waals surface area contributed by atoms with Crippen LogP contribution in [0.1, 0.15) is 28.3 Å². The molecule has 2 rings (SSSR count). The lowest BCUT2D eigenvalue weighted by molar-refractivity contribution is -0.137. The van der Waals surface area contributed by atoms with E-state index in [2.05, 4.69) is 5.43 Å². The molecule has 6 heteroatoms. The maximum absolute atomic E-state index is 12.6. The molecule has 0 bridgehead atoms. The highest BCUT2D eigenvalue weighted by Crippen LogP contribution is 2.32. The summed E-state index contributed by atoms with van der Waals surface area (Å²) in [6, 6.07) is 5.53. The predicted molar refractivity (Wildman–Crippen MR) is 74.3 cm³/mol. The fourth-order valence-electron chi connectivity index (χ4n) is 2.15. The van der Waals surface area contributed by atoms with E-state index in [-0.39, 0.29) is 6.04 Å². The van der Waals surface area contributed by atoms with Gasteiger partial charge >= 0.3 is 6.18 Å². The van der Waals surface area contributed by atoms with Gasteiger partial charge in [0, 0.05) is 0 Å². The quantitative estimate of drug-likeness (QED) is 0.665. The van der Waals surface area contributed by atoms with E-state index in [1.54, 1.807) is 18.3 Å². The summed E-state index contributed by atoms with van der Waals surface area (Å²) in [5.41, 5.74) is 4.52. The minimum Gasteiger partial charge on any atom is -0.271 e. The molecule has 0 fully saturated rings. The third-order valence-electron chi connectivity index (χ3n) is 3.19. The molecule has 1 heterocycles. The first-order valence-corrected chi connectivity index (χ1v) is 7.01. The van der Waals surface area contributed by atoms with Crippen molar-refractivity contribution in [3.8, 4) is 0 Å². The van der Waals surface area contributed by atoms with Crippen LogP contribution in [0.4, 0.5) is 13.2 Å². The molecule has 1 aromatic heterocycles. The van der Waals surface area contributed by atoms with E-state index in [0.717, 1.165) is 23.3 Å². The summed E-state index contributed by atoms with van der Waals surface area (Å²) in [4.78, 5) is 0. The molecule has 20 heavy (non-hydrogen) atoms. The summed E-state index contributed by atoms with van der Waals surface area (Å²) >= 11 is 1.58. The lowest BCUT2D eigenvalue weighted by Crippen LogP contribution is -2.30. The van der Waals surface area contributed by atoms with Crippen molar-refractivity contribution < 1.29 is 13.2 Å². The normalized spacial score (nSPS) is 13.4. The van der Waals surface area contributed by atoms with Crippen molar-refractivity contribution >= 4 is 11.3 Å². The lowest BCUT2D eigenvalue weighted by atomic mass is 9.95. The summed E-state index contributed by atoms with van der Waals surface area (Å²) in [6.45, 7) is 1.67. The Morgan fingerprint density at radius 1 is 1.30 bits per heavy atom. The molecular formula is C14H15F3N2S. The second-order valence-electron chi connectivity index (χ2n) is 4.62. The molecule has 0 amide bonds. The van der Waals surface area contributed by atoms with Crippen molar-refractivity contribution in [2.24, 2.45) is 5.84 Å². The average molecular weight is 300 g/mol. The number of nitrogens with two attached hydrogens (primary N) is 1. The number of thiophene rings is 1. The molecule has 1 atom stereocenters. The van der Waals surface area contributed by atoms with Gasteiger partial charge in [0.1, 0.15) is 0 Å². The van der Waals surface area contributed by atoms with Crippen molar-refractivity contribution in [3.63, 3.8) is 0 Å². The first kappa shape index (κ1) is 15.0. The number of aryl methyl sites for hydroxylation is 1. The first-order chi connectivity index (χ1) is 9.41. The van der Waals surface area contributed by atoms with E-state index < -0.39 is 11.7 Å². The van der Waals surface area contributed by atoms with E-state index in [9.17, 15) is 13.2 Å². The molecule has 0 aliphatic rings. The SMILES string of the molecule is Cc1cc(C(F)(F)F)ccc1C(Cc1ccsc1)NN. The Kier molecular flexibility index (Phi) is 4.47. The van der Waals surface area contributed by atoms with E-state index in [4.69, 9.17) is 5.84 Å². The van der Waals surface area contributed by atoms with Gasteiger partial charge in [-0.3, -0.25) is 11.3 Å². The van der Waals surface area contributed by atoms with Crippen LogP contribution in [0.5, 0.6) is 0 Å². The number of rotatable bonds is 4. The largest absolute Gasteiger partial charge is 0.416 e. The fraction of sp³-hybridized carbons (Fsp3) is 0.286. The number of hydrogen-bond acceptors (Lipinski definition) is 3. The number of nitrogens with one attached hydrogen (secondary N) is 1. The molecule has 1 unspecified atom stereocenters. The van der Waals surface area contributed by atoms with Gasteiger partial charge in [-0.05, 0) is 59.0 Å². The molecule has 0 aliphatic heterocycles. The molecule has 0 spiro atoms. The number of halogens is 3. The zero-order valence-electron chi connectivity index (χ0n) is 10.9. The molecule has 0 saturated heterocycles. The van der Waals surface area contributed by atoms with Crippen LogP contribution < -0.4 is 11.3 Å². The topological polar surface area (TPSA) is 38.0 Å². The maximum Gasteiger partial charge on any atom is 0.416 e. The highest BCUT2D eigenvalue weighted by molar-refractivity contribution is 7.07. The van der Waals surface area contributed by atoms with Gasteiger partial charge < -0.3 is 0 Å². The molecule has 2 nitrogen and oxygen atoms in total. The third kappa shape index (κ3) is 3.39. The average Bonchev–Trinajstić information content (AvgIpc) is 2.88. The Bertz CT molecular complexity index is 564. The van der Waals surface area contributed by atoms with Crippen molar-refractivity contribution in [1.29, 1.82) is 0 Å². The number of hydrazine groups is 1. The van der Waals surface area contributed by atoms with Gasteiger partial charge in [0.15, 0.2) is 0 Å². The second kappa shape index (κ2) is 5.95. The first-order valence-electron chi connectivity index (χ1n) is 6.06. The van der Waals surface area contributed by atoms with Gasteiger partial charge in [0.2, 0.25) is 0 Å². The molecule has 0 aliphatic carbocycles. The van der Waals surface area contributed by atoms with Crippen LogP contribution in [0.25, 0.3) is 0 Å². The highest BCUT2D eigenvalue weighted by atomic mass is 32.1. The van der Waals surface area contributed by atoms with Crippen LogP contribution >= 0.6 is 11.3 Å². The molecule has 0 saturated carbocycles. The number of hydrogen-bond donors (Lipinski definition) is 2. The lowest BCUT2D eigenvalue weighted by Gasteiger charge is -2.19. The van der Waals surface area contributed by atoms with Crippen LogP contribution in [0, 0.1) is 6.92 Å². The van der Waals surface area contributed by atoms with Crippen LogP contribution in [0.3, 0.4) is 0 Å². The molecule has 108 valence electrons. The minimum absolute atomic E-state index is 0.202. The monoisotopic (exact) mass is 300 g/mol. The van der Waals surface area contributed by atoms with E-state index in [0.29, 0.717) is 12.0 Å². The van der Waals surface area contributed by atoms with E-state index >= 15 is 0 Å². The van der Waals surface area contributed by atoms with Crippen LogP contribution in [-0.4, -0.2) is 0 Å². The van der Waals surface area contributed by atoms with Crippen LogP contribution in [0.2, 0.25) is 0 Å². The highest BCUT2D eigenvalue weighted by Gasteiger charge is 2.31. The second-order valence-corrected chi connectivity index (χ2v) is 5.40. The Labute approximate surface area is 119 Å². The van der Waals surface area contributed by atoms with Gasteiger partial charge in [-0.25, -0.2) is 0 Å².